The standard InChI is InChI=1S/C11H16FN3O/c1-11(2-4-13-5-3-11)10-14-9(16-15-10)7-6-8(7)12/h7-8,13H,2-6H2,1H3/t7-,8+/m0/s1. The highest BCUT2D eigenvalue weighted by Crippen LogP contribution is 2.43. The molecule has 0 aromatic carbocycles. The van der Waals surface area contributed by atoms with Gasteiger partial charge in [0.1, 0.15) is 6.17 Å². The van der Waals surface area contributed by atoms with Crippen molar-refractivity contribution in [1.82, 2.24) is 15.5 Å². The second-order valence-corrected chi connectivity index (χ2v) is 5.13. The second kappa shape index (κ2) is 3.52. The van der Waals surface area contributed by atoms with Gasteiger partial charge in [0.05, 0.1) is 5.92 Å². The number of nitrogens with one attached hydrogen (secondary N) is 1. The van der Waals surface area contributed by atoms with Crippen molar-refractivity contribution < 1.29 is 8.91 Å². The summed E-state index contributed by atoms with van der Waals surface area (Å²) in [5.74, 6) is 1.11. The Balaban J connectivity index is 1.80. The number of hydrogen-bond acceptors (Lipinski definition) is 4. The van der Waals surface area contributed by atoms with Crippen LogP contribution in [0.4, 0.5) is 4.39 Å². The van der Waals surface area contributed by atoms with Gasteiger partial charge in [0, 0.05) is 5.41 Å². The maximum atomic E-state index is 12.9. The van der Waals surface area contributed by atoms with Crippen molar-refractivity contribution in [3.63, 3.8) is 0 Å². The van der Waals surface area contributed by atoms with Crippen LogP contribution in [0.15, 0.2) is 4.52 Å². The number of piperidine rings is 1. The molecule has 0 amide bonds. The molecule has 88 valence electrons. The predicted octanol–water partition coefficient (Wildman–Crippen LogP) is 1.54. The van der Waals surface area contributed by atoms with Crippen molar-refractivity contribution in [2.75, 3.05) is 13.1 Å². The van der Waals surface area contributed by atoms with Gasteiger partial charge in [-0.05, 0) is 32.4 Å². The van der Waals surface area contributed by atoms with E-state index in [9.17, 15) is 4.39 Å². The van der Waals surface area contributed by atoms with E-state index in [0.29, 0.717) is 12.3 Å². The lowest BCUT2D eigenvalue weighted by atomic mass is 9.80. The molecule has 0 radical (unpaired) electrons. The van der Waals surface area contributed by atoms with Crippen LogP contribution in [-0.2, 0) is 5.41 Å². The molecule has 16 heavy (non-hydrogen) atoms. The van der Waals surface area contributed by atoms with Crippen LogP contribution in [-0.4, -0.2) is 29.4 Å². The fourth-order valence-electron chi connectivity index (χ4n) is 2.25. The van der Waals surface area contributed by atoms with E-state index in [0.717, 1.165) is 31.8 Å². The first kappa shape index (κ1) is 10.2. The Hall–Kier alpha value is -0.970. The van der Waals surface area contributed by atoms with Crippen LogP contribution in [0.2, 0.25) is 0 Å². The Bertz CT molecular complexity index is 386. The summed E-state index contributed by atoms with van der Waals surface area (Å²) >= 11 is 0. The number of aromatic nitrogens is 2. The summed E-state index contributed by atoms with van der Waals surface area (Å²) in [6.45, 7) is 4.12. The third-order valence-corrected chi connectivity index (χ3v) is 3.72. The molecule has 1 aromatic heterocycles. The zero-order valence-corrected chi connectivity index (χ0v) is 9.37. The number of nitrogens with zero attached hydrogens (tertiary/aromatic N) is 2. The first-order valence-electron chi connectivity index (χ1n) is 5.88. The molecule has 0 unspecified atom stereocenters. The highest BCUT2D eigenvalue weighted by Gasteiger charge is 2.44. The van der Waals surface area contributed by atoms with E-state index in [2.05, 4.69) is 22.4 Å². The molecule has 1 saturated carbocycles. The summed E-state index contributed by atoms with van der Waals surface area (Å²) in [6.07, 6.45) is 1.79. The van der Waals surface area contributed by atoms with Gasteiger partial charge in [-0.2, -0.15) is 4.98 Å². The van der Waals surface area contributed by atoms with Gasteiger partial charge in [0.2, 0.25) is 5.89 Å². The van der Waals surface area contributed by atoms with Gasteiger partial charge in [0.25, 0.3) is 0 Å². The minimum absolute atomic E-state index is 0.00625. The molecule has 4 nitrogen and oxygen atoms in total. The van der Waals surface area contributed by atoms with Crippen LogP contribution in [0.1, 0.15) is 43.8 Å². The molecular formula is C11H16FN3O. The Kier molecular flexibility index (Phi) is 2.24. The van der Waals surface area contributed by atoms with Gasteiger partial charge >= 0.3 is 0 Å². The minimum Gasteiger partial charge on any atom is -0.339 e. The molecule has 0 bridgehead atoms. The fraction of sp³-hybridized carbons (Fsp3) is 0.818. The van der Waals surface area contributed by atoms with Crippen LogP contribution in [0.3, 0.4) is 0 Å². The quantitative estimate of drug-likeness (QED) is 0.829. The Morgan fingerprint density at radius 2 is 2.12 bits per heavy atom. The molecule has 1 aromatic rings. The molecule has 3 rings (SSSR count). The molecule has 2 aliphatic rings. The Morgan fingerprint density at radius 3 is 2.75 bits per heavy atom. The lowest BCUT2D eigenvalue weighted by molar-refractivity contribution is 0.298. The Morgan fingerprint density at radius 1 is 1.44 bits per heavy atom. The normalized spacial score (nSPS) is 32.6. The predicted molar refractivity (Wildman–Crippen MR) is 56.0 cm³/mol. The molecule has 1 N–H and O–H groups in total. The first-order chi connectivity index (χ1) is 7.69. The van der Waals surface area contributed by atoms with E-state index in [1.807, 2.05) is 0 Å². The molecule has 5 heteroatoms. The highest BCUT2D eigenvalue weighted by molar-refractivity contribution is 5.13. The van der Waals surface area contributed by atoms with Crippen molar-refractivity contribution in [3.05, 3.63) is 11.7 Å². The van der Waals surface area contributed by atoms with E-state index in [1.165, 1.54) is 0 Å². The van der Waals surface area contributed by atoms with E-state index >= 15 is 0 Å². The van der Waals surface area contributed by atoms with E-state index < -0.39 is 6.17 Å². The van der Waals surface area contributed by atoms with Crippen LogP contribution in [0, 0.1) is 0 Å². The zero-order valence-electron chi connectivity index (χ0n) is 9.37. The van der Waals surface area contributed by atoms with Gasteiger partial charge in [-0.1, -0.05) is 12.1 Å². The van der Waals surface area contributed by atoms with E-state index in [1.54, 1.807) is 0 Å². The fourth-order valence-corrected chi connectivity index (χ4v) is 2.25. The highest BCUT2D eigenvalue weighted by atomic mass is 19.1. The summed E-state index contributed by atoms with van der Waals surface area (Å²) in [6, 6.07) is 0. The third-order valence-electron chi connectivity index (χ3n) is 3.72. The zero-order chi connectivity index (χ0) is 11.2. The van der Waals surface area contributed by atoms with Crippen molar-refractivity contribution >= 4 is 0 Å². The van der Waals surface area contributed by atoms with Crippen molar-refractivity contribution in [2.24, 2.45) is 0 Å². The molecule has 2 heterocycles. The summed E-state index contributed by atoms with van der Waals surface area (Å²) in [5, 5.41) is 7.34. The number of hydrogen-bond donors (Lipinski definition) is 1. The third kappa shape index (κ3) is 1.63. The monoisotopic (exact) mass is 225 g/mol. The number of rotatable bonds is 2. The summed E-state index contributed by atoms with van der Waals surface area (Å²) in [7, 11) is 0. The van der Waals surface area contributed by atoms with Gasteiger partial charge < -0.3 is 9.84 Å². The van der Waals surface area contributed by atoms with Gasteiger partial charge in [-0.25, -0.2) is 4.39 Å². The maximum Gasteiger partial charge on any atom is 0.232 e. The largest absolute Gasteiger partial charge is 0.339 e. The van der Waals surface area contributed by atoms with E-state index in [-0.39, 0.29) is 11.3 Å². The minimum atomic E-state index is -0.769. The van der Waals surface area contributed by atoms with Gasteiger partial charge in [-0.3, -0.25) is 0 Å². The molecule has 2 atom stereocenters. The van der Waals surface area contributed by atoms with Crippen LogP contribution in [0.25, 0.3) is 0 Å². The summed E-state index contributed by atoms with van der Waals surface area (Å²) in [5.41, 5.74) is -0.00625. The van der Waals surface area contributed by atoms with Crippen LogP contribution < -0.4 is 5.32 Å². The molecule has 1 saturated heterocycles. The summed E-state index contributed by atoms with van der Waals surface area (Å²) < 4.78 is 18.0. The maximum absolute atomic E-state index is 12.9. The molecule has 1 aliphatic carbocycles. The average molecular weight is 225 g/mol. The van der Waals surface area contributed by atoms with Gasteiger partial charge in [0.15, 0.2) is 5.82 Å². The smallest absolute Gasteiger partial charge is 0.232 e. The van der Waals surface area contributed by atoms with E-state index in [4.69, 9.17) is 4.52 Å². The van der Waals surface area contributed by atoms with Crippen molar-refractivity contribution in [3.8, 4) is 0 Å². The first-order valence-corrected chi connectivity index (χ1v) is 5.88. The van der Waals surface area contributed by atoms with Gasteiger partial charge in [-0.15, -0.1) is 0 Å². The molecule has 0 spiro atoms. The lowest BCUT2D eigenvalue weighted by Crippen LogP contribution is -2.38. The van der Waals surface area contributed by atoms with Crippen molar-refractivity contribution in [1.29, 1.82) is 0 Å². The second-order valence-electron chi connectivity index (χ2n) is 5.13. The van der Waals surface area contributed by atoms with Crippen molar-refractivity contribution in [2.45, 2.75) is 43.7 Å². The molecular weight excluding hydrogens is 209 g/mol. The Labute approximate surface area is 93.6 Å². The lowest BCUT2D eigenvalue weighted by Gasteiger charge is -2.30. The number of halogens is 1. The SMILES string of the molecule is CC1(c2noc([C@H]3C[C@H]3F)n2)CCNCC1. The average Bonchev–Trinajstić information content (AvgIpc) is 2.82. The molecule has 2 fully saturated rings. The number of alkyl halides is 1. The topological polar surface area (TPSA) is 51.0 Å². The summed E-state index contributed by atoms with van der Waals surface area (Å²) in [4.78, 5) is 4.37. The molecule has 1 aliphatic heterocycles. The van der Waals surface area contributed by atoms with Crippen LogP contribution >= 0.6 is 0 Å². The van der Waals surface area contributed by atoms with Crippen LogP contribution in [0.5, 0.6) is 0 Å².